The van der Waals surface area contributed by atoms with Gasteiger partial charge in [-0.2, -0.15) is 13.1 Å². The fraction of sp³-hybridized carbons (Fsp3) is 0.727. The topological polar surface area (TPSA) is 151 Å². The summed E-state index contributed by atoms with van der Waals surface area (Å²) in [5.41, 5.74) is 0. The number of methoxy groups -OCH3 is 1. The molecule has 0 aromatic carbocycles. The summed E-state index contributed by atoms with van der Waals surface area (Å²) in [5.74, 6) is -2.33. The van der Waals surface area contributed by atoms with Crippen LogP contribution in [-0.2, 0) is 24.5 Å². The second-order valence-electron chi connectivity index (χ2n) is 4.85. The molecule has 126 valence electrons. The number of amides is 2. The van der Waals surface area contributed by atoms with Crippen LogP contribution in [0.3, 0.4) is 0 Å². The molecule has 0 aliphatic heterocycles. The van der Waals surface area contributed by atoms with Crippen molar-refractivity contribution in [1.29, 1.82) is 0 Å². The molecular weight excluding hydrogens is 318 g/mol. The van der Waals surface area contributed by atoms with E-state index in [1.165, 1.54) is 0 Å². The van der Waals surface area contributed by atoms with Crippen molar-refractivity contribution in [2.75, 3.05) is 7.11 Å². The van der Waals surface area contributed by atoms with Crippen LogP contribution in [0.25, 0.3) is 0 Å². The number of aliphatic carboxylic acids is 1. The monoisotopic (exact) mass is 337 g/mol. The molecule has 1 saturated carbocycles. The fourth-order valence-corrected chi connectivity index (χ4v) is 3.15. The predicted octanol–water partition coefficient (Wildman–Crippen LogP) is -0.921. The lowest BCUT2D eigenvalue weighted by atomic mass is 10.2. The number of ether oxygens (including phenoxy) is 1. The molecule has 0 spiro atoms. The zero-order valence-corrected chi connectivity index (χ0v) is 12.8. The summed E-state index contributed by atoms with van der Waals surface area (Å²) in [4.78, 5) is 33.6. The molecule has 1 aliphatic rings. The highest BCUT2D eigenvalue weighted by atomic mass is 32.2. The van der Waals surface area contributed by atoms with Crippen LogP contribution in [0.1, 0.15) is 32.1 Å². The highest BCUT2D eigenvalue weighted by Gasteiger charge is 2.27. The number of carbonyl (C=O) groups is 3. The average molecular weight is 337 g/mol. The van der Waals surface area contributed by atoms with Gasteiger partial charge in [-0.25, -0.2) is 14.3 Å². The zero-order valence-electron chi connectivity index (χ0n) is 12.0. The van der Waals surface area contributed by atoms with Gasteiger partial charge >= 0.3 is 28.2 Å². The van der Waals surface area contributed by atoms with Gasteiger partial charge in [0.2, 0.25) is 0 Å². The summed E-state index contributed by atoms with van der Waals surface area (Å²) in [7, 11) is -3.06. The lowest BCUT2D eigenvalue weighted by Gasteiger charge is -2.17. The first-order valence-electron chi connectivity index (χ1n) is 6.63. The molecular formula is C11H19N3O7S. The first-order valence-corrected chi connectivity index (χ1v) is 8.12. The second kappa shape index (κ2) is 7.94. The van der Waals surface area contributed by atoms with Crippen LogP contribution in [0.5, 0.6) is 0 Å². The number of urea groups is 1. The number of carbonyl (C=O) groups excluding carboxylic acids is 2. The van der Waals surface area contributed by atoms with Gasteiger partial charge in [0.05, 0.1) is 13.5 Å². The second-order valence-corrected chi connectivity index (χ2v) is 6.30. The summed E-state index contributed by atoms with van der Waals surface area (Å²) < 4.78 is 31.8. The predicted molar refractivity (Wildman–Crippen MR) is 74.0 cm³/mol. The van der Waals surface area contributed by atoms with Gasteiger partial charge in [-0.05, 0) is 12.8 Å². The highest BCUT2D eigenvalue weighted by molar-refractivity contribution is 7.88. The fourth-order valence-electron chi connectivity index (χ4n) is 2.11. The van der Waals surface area contributed by atoms with E-state index >= 15 is 0 Å². The van der Waals surface area contributed by atoms with E-state index in [0.29, 0.717) is 12.8 Å². The van der Waals surface area contributed by atoms with Gasteiger partial charge in [-0.1, -0.05) is 12.8 Å². The number of carboxylic acids is 1. The molecule has 4 N–H and O–H groups in total. The Kier molecular flexibility index (Phi) is 6.56. The zero-order chi connectivity index (χ0) is 16.8. The van der Waals surface area contributed by atoms with Crippen molar-refractivity contribution >= 4 is 28.2 Å². The standard InChI is InChI=1S/C11H19N3O7S/c1-21-10(17)8(6-9(15)16)12-11(18)14-22(19,20)13-7-4-2-3-5-7/h7-8,13H,2-6H2,1H3,(H,15,16)(H2,12,14,18)/t8-/m0/s1. The number of carboxylic acid groups (broad SMARTS) is 1. The van der Waals surface area contributed by atoms with Gasteiger partial charge in [0.1, 0.15) is 6.04 Å². The van der Waals surface area contributed by atoms with Gasteiger partial charge in [-0.3, -0.25) is 4.79 Å². The lowest BCUT2D eigenvalue weighted by Crippen LogP contribution is -2.52. The molecule has 2 amide bonds. The largest absolute Gasteiger partial charge is 0.481 e. The van der Waals surface area contributed by atoms with E-state index in [1.807, 2.05) is 5.32 Å². The van der Waals surface area contributed by atoms with Crippen LogP contribution in [0.4, 0.5) is 4.79 Å². The molecule has 11 heteroatoms. The number of rotatable bonds is 7. The Hall–Kier alpha value is -1.88. The molecule has 0 radical (unpaired) electrons. The molecule has 0 saturated heterocycles. The molecule has 0 heterocycles. The lowest BCUT2D eigenvalue weighted by molar-refractivity contribution is -0.147. The molecule has 22 heavy (non-hydrogen) atoms. The van der Waals surface area contributed by atoms with E-state index in [4.69, 9.17) is 5.11 Å². The molecule has 1 atom stereocenters. The van der Waals surface area contributed by atoms with E-state index in [2.05, 4.69) is 9.46 Å². The van der Waals surface area contributed by atoms with Gasteiger partial charge in [0.15, 0.2) is 0 Å². The van der Waals surface area contributed by atoms with Crippen LogP contribution < -0.4 is 14.8 Å². The first-order chi connectivity index (χ1) is 10.2. The normalized spacial score (nSPS) is 16.8. The Morgan fingerprint density at radius 3 is 2.36 bits per heavy atom. The van der Waals surface area contributed by atoms with Crippen molar-refractivity contribution < 1.29 is 32.6 Å². The molecule has 1 rings (SSSR count). The smallest absolute Gasteiger partial charge is 0.330 e. The highest BCUT2D eigenvalue weighted by Crippen LogP contribution is 2.17. The van der Waals surface area contributed by atoms with E-state index in [-0.39, 0.29) is 6.04 Å². The number of esters is 1. The summed E-state index contributed by atoms with van der Waals surface area (Å²) in [6.45, 7) is 0. The van der Waals surface area contributed by atoms with Crippen molar-refractivity contribution in [3.8, 4) is 0 Å². The summed E-state index contributed by atoms with van der Waals surface area (Å²) >= 11 is 0. The quantitative estimate of drug-likeness (QED) is 0.438. The van der Waals surface area contributed by atoms with Crippen molar-refractivity contribution in [2.24, 2.45) is 0 Å². The van der Waals surface area contributed by atoms with Crippen LogP contribution in [0.2, 0.25) is 0 Å². The third kappa shape index (κ3) is 6.26. The minimum Gasteiger partial charge on any atom is -0.481 e. The van der Waals surface area contributed by atoms with Crippen LogP contribution >= 0.6 is 0 Å². The summed E-state index contributed by atoms with van der Waals surface area (Å²) in [6, 6.07) is -2.92. The number of hydrogen-bond donors (Lipinski definition) is 4. The van der Waals surface area contributed by atoms with Gasteiger partial charge in [0, 0.05) is 6.04 Å². The number of nitrogens with one attached hydrogen (secondary N) is 3. The Balaban J connectivity index is 2.57. The molecule has 1 aliphatic carbocycles. The number of hydrogen-bond acceptors (Lipinski definition) is 6. The van der Waals surface area contributed by atoms with E-state index < -0.39 is 40.6 Å². The summed E-state index contributed by atoms with van der Waals surface area (Å²) in [5, 5.41) is 10.6. The van der Waals surface area contributed by atoms with Gasteiger partial charge in [0.25, 0.3) is 0 Å². The minimum atomic E-state index is -4.08. The van der Waals surface area contributed by atoms with Crippen molar-refractivity contribution in [2.45, 2.75) is 44.2 Å². The molecule has 0 bridgehead atoms. The summed E-state index contributed by atoms with van der Waals surface area (Å²) in [6.07, 6.45) is 2.46. The Morgan fingerprint density at radius 1 is 1.27 bits per heavy atom. The van der Waals surface area contributed by atoms with E-state index in [0.717, 1.165) is 20.0 Å². The Morgan fingerprint density at radius 2 is 1.86 bits per heavy atom. The average Bonchev–Trinajstić information content (AvgIpc) is 2.87. The molecule has 0 aromatic heterocycles. The van der Waals surface area contributed by atoms with Gasteiger partial charge < -0.3 is 15.2 Å². The van der Waals surface area contributed by atoms with Crippen molar-refractivity contribution in [1.82, 2.24) is 14.8 Å². The first kappa shape index (κ1) is 18.2. The third-order valence-corrected chi connectivity index (χ3v) is 4.17. The molecule has 10 nitrogen and oxygen atoms in total. The Labute approximate surface area is 127 Å². The van der Waals surface area contributed by atoms with Crippen LogP contribution in [0.15, 0.2) is 0 Å². The minimum absolute atomic E-state index is 0.235. The van der Waals surface area contributed by atoms with Gasteiger partial charge in [-0.15, -0.1) is 0 Å². The molecule has 1 fully saturated rings. The van der Waals surface area contributed by atoms with Crippen LogP contribution in [-0.4, -0.2) is 50.7 Å². The third-order valence-electron chi connectivity index (χ3n) is 3.07. The maximum absolute atomic E-state index is 11.7. The maximum Gasteiger partial charge on any atom is 0.330 e. The van der Waals surface area contributed by atoms with Crippen LogP contribution in [0, 0.1) is 0 Å². The molecule has 0 aromatic rings. The molecule has 0 unspecified atom stereocenters. The van der Waals surface area contributed by atoms with E-state index in [1.54, 1.807) is 4.72 Å². The van der Waals surface area contributed by atoms with Crippen molar-refractivity contribution in [3.63, 3.8) is 0 Å². The maximum atomic E-state index is 11.7. The van der Waals surface area contributed by atoms with E-state index in [9.17, 15) is 22.8 Å². The van der Waals surface area contributed by atoms with Crippen molar-refractivity contribution in [3.05, 3.63) is 0 Å². The SMILES string of the molecule is COC(=O)[C@H](CC(=O)O)NC(=O)NS(=O)(=O)NC1CCCC1. The Bertz CT molecular complexity index is 528.